The van der Waals surface area contributed by atoms with E-state index in [9.17, 15) is 9.59 Å². The maximum absolute atomic E-state index is 12.7. The van der Waals surface area contributed by atoms with Gasteiger partial charge in [-0.15, -0.1) is 0 Å². The van der Waals surface area contributed by atoms with Crippen LogP contribution < -0.4 is 0 Å². The number of amides is 1. The van der Waals surface area contributed by atoms with E-state index < -0.39 is 6.23 Å². The van der Waals surface area contributed by atoms with Gasteiger partial charge in [-0.05, 0) is 24.0 Å². The Bertz CT molecular complexity index is 672. The minimum Gasteiger partial charge on any atom is -0.349 e. The van der Waals surface area contributed by atoms with E-state index in [1.165, 1.54) is 0 Å². The van der Waals surface area contributed by atoms with Gasteiger partial charge in [-0.2, -0.15) is 0 Å². The van der Waals surface area contributed by atoms with E-state index in [2.05, 4.69) is 0 Å². The number of aryl methyl sites for hydroxylation is 1. The first-order valence-electron chi connectivity index (χ1n) is 8.24. The van der Waals surface area contributed by atoms with Crippen molar-refractivity contribution in [3.05, 3.63) is 71.8 Å². The number of benzene rings is 2. The van der Waals surface area contributed by atoms with E-state index in [0.29, 0.717) is 32.2 Å². The zero-order valence-electron chi connectivity index (χ0n) is 13.5. The lowest BCUT2D eigenvalue weighted by Crippen LogP contribution is -2.43. The van der Waals surface area contributed by atoms with Gasteiger partial charge in [0.2, 0.25) is 5.91 Å². The molecule has 1 amide bonds. The van der Waals surface area contributed by atoms with Crippen molar-refractivity contribution in [2.75, 3.05) is 6.61 Å². The summed E-state index contributed by atoms with van der Waals surface area (Å²) in [6.07, 6.45) is 1.69. The van der Waals surface area contributed by atoms with Gasteiger partial charge >= 0.3 is 0 Å². The molecule has 124 valence electrons. The SMILES string of the molecule is O=CC1OC[C@@H](Cc2ccccc2)N1C(=O)CCc1ccccc1. The van der Waals surface area contributed by atoms with Crippen LogP contribution in [-0.2, 0) is 27.2 Å². The fraction of sp³-hybridized carbons (Fsp3) is 0.300. The predicted octanol–water partition coefficient (Wildman–Crippen LogP) is 2.61. The van der Waals surface area contributed by atoms with Crippen molar-refractivity contribution in [1.29, 1.82) is 0 Å². The molecule has 4 nitrogen and oxygen atoms in total. The maximum atomic E-state index is 12.7. The van der Waals surface area contributed by atoms with Crippen LogP contribution >= 0.6 is 0 Å². The van der Waals surface area contributed by atoms with E-state index in [1.807, 2.05) is 60.7 Å². The number of carbonyl (C=O) groups excluding carboxylic acids is 2. The molecule has 1 unspecified atom stereocenters. The molecular formula is C20H21NO3. The Kier molecular flexibility index (Phi) is 5.39. The molecule has 2 aromatic rings. The highest BCUT2D eigenvalue weighted by Gasteiger charge is 2.37. The van der Waals surface area contributed by atoms with Crippen molar-refractivity contribution in [2.45, 2.75) is 31.5 Å². The van der Waals surface area contributed by atoms with Gasteiger partial charge in [0.05, 0.1) is 12.6 Å². The summed E-state index contributed by atoms with van der Waals surface area (Å²) in [7, 11) is 0. The second-order valence-corrected chi connectivity index (χ2v) is 5.99. The Balaban J connectivity index is 1.66. The zero-order valence-corrected chi connectivity index (χ0v) is 13.5. The van der Waals surface area contributed by atoms with E-state index in [0.717, 1.165) is 11.1 Å². The lowest BCUT2D eigenvalue weighted by atomic mass is 10.0. The lowest BCUT2D eigenvalue weighted by molar-refractivity contribution is -0.142. The largest absolute Gasteiger partial charge is 0.349 e. The van der Waals surface area contributed by atoms with Crippen molar-refractivity contribution in [2.24, 2.45) is 0 Å². The van der Waals surface area contributed by atoms with Gasteiger partial charge in [-0.3, -0.25) is 9.59 Å². The van der Waals surface area contributed by atoms with Crippen LogP contribution in [0.25, 0.3) is 0 Å². The number of hydrogen-bond donors (Lipinski definition) is 0. The Morgan fingerprint density at radius 2 is 1.67 bits per heavy atom. The Labute approximate surface area is 142 Å². The minimum absolute atomic E-state index is 0.0330. The van der Waals surface area contributed by atoms with Gasteiger partial charge in [-0.1, -0.05) is 60.7 Å². The summed E-state index contributed by atoms with van der Waals surface area (Å²) < 4.78 is 5.51. The summed E-state index contributed by atoms with van der Waals surface area (Å²) in [6, 6.07) is 19.8. The van der Waals surface area contributed by atoms with E-state index in [-0.39, 0.29) is 11.9 Å². The van der Waals surface area contributed by atoms with Crippen molar-refractivity contribution >= 4 is 12.2 Å². The summed E-state index contributed by atoms with van der Waals surface area (Å²) in [5.41, 5.74) is 2.26. The maximum Gasteiger partial charge on any atom is 0.225 e. The number of ether oxygens (including phenoxy) is 1. The second-order valence-electron chi connectivity index (χ2n) is 5.99. The molecule has 0 aromatic heterocycles. The molecule has 1 aliphatic rings. The quantitative estimate of drug-likeness (QED) is 0.768. The van der Waals surface area contributed by atoms with Crippen LogP contribution in [0.2, 0.25) is 0 Å². The van der Waals surface area contributed by atoms with Crippen LogP contribution in [-0.4, -0.2) is 36.0 Å². The molecule has 2 atom stereocenters. The van der Waals surface area contributed by atoms with Crippen molar-refractivity contribution in [3.63, 3.8) is 0 Å². The third kappa shape index (κ3) is 3.89. The minimum atomic E-state index is -0.762. The van der Waals surface area contributed by atoms with Crippen LogP contribution in [0, 0.1) is 0 Å². The molecule has 0 aliphatic carbocycles. The Hall–Kier alpha value is -2.46. The van der Waals surface area contributed by atoms with Crippen LogP contribution in [0.4, 0.5) is 0 Å². The molecule has 0 N–H and O–H groups in total. The van der Waals surface area contributed by atoms with Gasteiger partial charge in [0, 0.05) is 6.42 Å². The molecule has 0 radical (unpaired) electrons. The highest BCUT2D eigenvalue weighted by molar-refractivity contribution is 5.80. The van der Waals surface area contributed by atoms with Gasteiger partial charge in [0.25, 0.3) is 0 Å². The first kappa shape index (κ1) is 16.4. The molecule has 0 spiro atoms. The normalized spacial score (nSPS) is 20.1. The van der Waals surface area contributed by atoms with Gasteiger partial charge in [0.15, 0.2) is 12.5 Å². The number of nitrogens with zero attached hydrogens (tertiary/aromatic N) is 1. The van der Waals surface area contributed by atoms with E-state index >= 15 is 0 Å². The summed E-state index contributed by atoms with van der Waals surface area (Å²) in [5.74, 6) is -0.0330. The Morgan fingerprint density at radius 1 is 1.04 bits per heavy atom. The van der Waals surface area contributed by atoms with Gasteiger partial charge in [-0.25, -0.2) is 0 Å². The lowest BCUT2D eigenvalue weighted by Gasteiger charge is -2.26. The van der Waals surface area contributed by atoms with Crippen molar-refractivity contribution in [3.8, 4) is 0 Å². The highest BCUT2D eigenvalue weighted by Crippen LogP contribution is 2.21. The average molecular weight is 323 g/mol. The molecule has 3 rings (SSSR count). The molecule has 1 saturated heterocycles. The van der Waals surface area contributed by atoms with E-state index in [1.54, 1.807) is 4.90 Å². The number of carbonyl (C=O) groups is 2. The summed E-state index contributed by atoms with van der Waals surface area (Å²) >= 11 is 0. The summed E-state index contributed by atoms with van der Waals surface area (Å²) in [4.78, 5) is 25.6. The van der Waals surface area contributed by atoms with Crippen molar-refractivity contribution < 1.29 is 14.3 Å². The molecule has 1 heterocycles. The fourth-order valence-electron chi connectivity index (χ4n) is 3.10. The van der Waals surface area contributed by atoms with Crippen LogP contribution in [0.5, 0.6) is 0 Å². The standard InChI is InChI=1S/C20H21NO3/c22-14-20-21(19(23)12-11-16-7-3-1-4-8-16)18(15-24-20)13-17-9-5-2-6-10-17/h1-10,14,18,20H,11-13,15H2/t18-,20?/m1/s1. The zero-order chi connectivity index (χ0) is 16.8. The van der Waals surface area contributed by atoms with Crippen LogP contribution in [0.3, 0.4) is 0 Å². The van der Waals surface area contributed by atoms with Gasteiger partial charge < -0.3 is 9.64 Å². The molecular weight excluding hydrogens is 302 g/mol. The number of rotatable bonds is 6. The summed E-state index contributed by atoms with van der Waals surface area (Å²) in [6.45, 7) is 0.398. The number of hydrogen-bond acceptors (Lipinski definition) is 3. The van der Waals surface area contributed by atoms with Crippen LogP contribution in [0.15, 0.2) is 60.7 Å². The van der Waals surface area contributed by atoms with E-state index in [4.69, 9.17) is 4.74 Å². The predicted molar refractivity (Wildman–Crippen MR) is 91.3 cm³/mol. The molecule has 0 saturated carbocycles. The monoisotopic (exact) mass is 323 g/mol. The third-order valence-corrected chi connectivity index (χ3v) is 4.32. The molecule has 24 heavy (non-hydrogen) atoms. The Morgan fingerprint density at radius 3 is 2.29 bits per heavy atom. The van der Waals surface area contributed by atoms with Gasteiger partial charge in [0.1, 0.15) is 0 Å². The third-order valence-electron chi connectivity index (χ3n) is 4.32. The van der Waals surface area contributed by atoms with Crippen molar-refractivity contribution in [1.82, 2.24) is 4.90 Å². The smallest absolute Gasteiger partial charge is 0.225 e. The second kappa shape index (κ2) is 7.88. The molecule has 1 aliphatic heterocycles. The number of aldehydes is 1. The molecule has 2 aromatic carbocycles. The topological polar surface area (TPSA) is 46.6 Å². The molecule has 0 bridgehead atoms. The fourth-order valence-corrected chi connectivity index (χ4v) is 3.10. The first-order valence-corrected chi connectivity index (χ1v) is 8.24. The molecule has 4 heteroatoms. The highest BCUT2D eigenvalue weighted by atomic mass is 16.5. The summed E-state index contributed by atoms with van der Waals surface area (Å²) in [5, 5.41) is 0. The average Bonchev–Trinajstić information content (AvgIpc) is 3.04. The molecule has 1 fully saturated rings. The van der Waals surface area contributed by atoms with Crippen LogP contribution in [0.1, 0.15) is 17.5 Å². The first-order chi connectivity index (χ1) is 11.8.